The maximum Gasteiger partial charge on any atom is 0.288 e. The van der Waals surface area contributed by atoms with Crippen LogP contribution in [0.2, 0.25) is 0 Å². The van der Waals surface area contributed by atoms with Crippen LogP contribution in [0.25, 0.3) is 0 Å². The summed E-state index contributed by atoms with van der Waals surface area (Å²) in [5, 5.41) is 9.02. The molecular formula is C9H16N6O. The van der Waals surface area contributed by atoms with Crippen molar-refractivity contribution < 1.29 is 4.79 Å². The summed E-state index contributed by atoms with van der Waals surface area (Å²) in [6.07, 6.45) is 2.10. The summed E-state index contributed by atoms with van der Waals surface area (Å²) in [5.41, 5.74) is 5.33. The molecule has 1 aromatic heterocycles. The van der Waals surface area contributed by atoms with Crippen LogP contribution >= 0.6 is 0 Å². The smallest absolute Gasteiger partial charge is 0.288 e. The van der Waals surface area contributed by atoms with E-state index < -0.39 is 0 Å². The molecule has 88 valence electrons. The molecule has 1 fully saturated rings. The van der Waals surface area contributed by atoms with Gasteiger partial charge in [0.15, 0.2) is 0 Å². The molecule has 0 aromatic carbocycles. The number of nitrogens with one attached hydrogen (secondary N) is 2. The Morgan fingerprint density at radius 2 is 2.50 bits per heavy atom. The van der Waals surface area contributed by atoms with E-state index >= 15 is 0 Å². The molecule has 7 nitrogen and oxygen atoms in total. The molecule has 0 bridgehead atoms. The number of nitrogens with two attached hydrogens (primary N) is 1. The van der Waals surface area contributed by atoms with E-state index in [1.54, 1.807) is 0 Å². The van der Waals surface area contributed by atoms with Gasteiger partial charge in [-0.3, -0.25) is 9.89 Å². The lowest BCUT2D eigenvalue weighted by molar-refractivity contribution is 0.0902. The standard InChI is InChI=1S/C9H16N6O/c1-15-4-2-3-6(5-15)11-8(16)7-12-9(10)14-13-7/h6H,2-5H2,1H3,(H,11,16)(H3,10,12,13,14). The molecule has 1 saturated heterocycles. The third kappa shape index (κ3) is 2.48. The van der Waals surface area contributed by atoms with Gasteiger partial charge < -0.3 is 16.0 Å². The van der Waals surface area contributed by atoms with Gasteiger partial charge in [-0.2, -0.15) is 4.98 Å². The molecule has 2 heterocycles. The number of likely N-dealkylation sites (tertiary alicyclic amines) is 1. The van der Waals surface area contributed by atoms with Gasteiger partial charge in [0.1, 0.15) is 0 Å². The van der Waals surface area contributed by atoms with Gasteiger partial charge in [-0.15, -0.1) is 5.10 Å². The molecule has 0 saturated carbocycles. The summed E-state index contributed by atoms with van der Waals surface area (Å²) >= 11 is 0. The highest BCUT2D eigenvalue weighted by atomic mass is 16.2. The van der Waals surface area contributed by atoms with Crippen LogP contribution in [0.1, 0.15) is 23.5 Å². The third-order valence-corrected chi connectivity index (χ3v) is 2.68. The summed E-state index contributed by atoms with van der Waals surface area (Å²) in [6, 6.07) is 0.178. The molecule has 2 rings (SSSR count). The molecule has 1 unspecified atom stereocenters. The molecular weight excluding hydrogens is 208 g/mol. The Hall–Kier alpha value is -1.63. The third-order valence-electron chi connectivity index (χ3n) is 2.68. The van der Waals surface area contributed by atoms with E-state index in [9.17, 15) is 4.79 Å². The molecule has 1 aromatic rings. The molecule has 1 atom stereocenters. The second-order valence-electron chi connectivity index (χ2n) is 4.12. The summed E-state index contributed by atoms with van der Waals surface area (Å²) in [6.45, 7) is 1.96. The first-order chi connectivity index (χ1) is 7.65. The van der Waals surface area contributed by atoms with Gasteiger partial charge in [-0.1, -0.05) is 0 Å². The Balaban J connectivity index is 1.92. The van der Waals surface area contributed by atoms with E-state index in [0.29, 0.717) is 0 Å². The molecule has 16 heavy (non-hydrogen) atoms. The fraction of sp³-hybridized carbons (Fsp3) is 0.667. The van der Waals surface area contributed by atoms with Gasteiger partial charge in [0.05, 0.1) is 0 Å². The summed E-state index contributed by atoms with van der Waals surface area (Å²) in [4.78, 5) is 17.7. The number of H-pyrrole nitrogens is 1. The van der Waals surface area contributed by atoms with Crippen LogP contribution in [0.4, 0.5) is 5.95 Å². The normalized spacial score (nSPS) is 21.9. The molecule has 7 heteroatoms. The van der Waals surface area contributed by atoms with Crippen LogP contribution in [0.5, 0.6) is 0 Å². The SMILES string of the molecule is CN1CCCC(NC(=O)c2nc(N)n[nH]2)C1. The minimum Gasteiger partial charge on any atom is -0.366 e. The average Bonchev–Trinajstić information content (AvgIpc) is 2.65. The van der Waals surface area contributed by atoms with E-state index in [2.05, 4.69) is 25.4 Å². The predicted molar refractivity (Wildman–Crippen MR) is 58.8 cm³/mol. The number of aromatic amines is 1. The zero-order valence-corrected chi connectivity index (χ0v) is 9.23. The van der Waals surface area contributed by atoms with Crippen LogP contribution in [-0.4, -0.2) is 52.2 Å². The molecule has 1 aliphatic rings. The number of piperidine rings is 1. The first kappa shape index (κ1) is 10.9. The van der Waals surface area contributed by atoms with Crippen LogP contribution in [0, 0.1) is 0 Å². The zero-order chi connectivity index (χ0) is 11.5. The largest absolute Gasteiger partial charge is 0.366 e. The lowest BCUT2D eigenvalue weighted by Crippen LogP contribution is -2.46. The lowest BCUT2D eigenvalue weighted by atomic mass is 10.1. The van der Waals surface area contributed by atoms with Gasteiger partial charge in [-0.05, 0) is 26.4 Å². The number of aromatic nitrogens is 3. The molecule has 1 amide bonds. The summed E-state index contributed by atoms with van der Waals surface area (Å²) < 4.78 is 0. The minimum absolute atomic E-state index is 0.0888. The van der Waals surface area contributed by atoms with Gasteiger partial charge >= 0.3 is 0 Å². The Morgan fingerprint density at radius 3 is 3.12 bits per heavy atom. The van der Waals surface area contributed by atoms with Crippen molar-refractivity contribution in [1.82, 2.24) is 25.4 Å². The number of anilines is 1. The predicted octanol–water partition coefficient (Wildman–Crippen LogP) is -0.789. The number of nitrogen functional groups attached to an aromatic ring is 1. The highest BCUT2D eigenvalue weighted by Crippen LogP contribution is 2.08. The monoisotopic (exact) mass is 224 g/mol. The highest BCUT2D eigenvalue weighted by molar-refractivity contribution is 5.90. The van der Waals surface area contributed by atoms with Gasteiger partial charge in [0.25, 0.3) is 5.91 Å². The van der Waals surface area contributed by atoms with Crippen molar-refractivity contribution in [1.29, 1.82) is 0 Å². The highest BCUT2D eigenvalue weighted by Gasteiger charge is 2.20. The lowest BCUT2D eigenvalue weighted by Gasteiger charge is -2.29. The van der Waals surface area contributed by atoms with E-state index in [1.807, 2.05) is 7.05 Å². The Labute approximate surface area is 93.4 Å². The molecule has 0 spiro atoms. The van der Waals surface area contributed by atoms with Crippen molar-refractivity contribution in [3.8, 4) is 0 Å². The van der Waals surface area contributed by atoms with Gasteiger partial charge in [0.2, 0.25) is 11.8 Å². The second kappa shape index (κ2) is 4.48. The van der Waals surface area contributed by atoms with Crippen LogP contribution in [0.3, 0.4) is 0 Å². The Kier molecular flexibility index (Phi) is 3.04. The van der Waals surface area contributed by atoms with E-state index in [-0.39, 0.29) is 23.7 Å². The number of likely N-dealkylation sites (N-methyl/N-ethyl adjacent to an activating group) is 1. The average molecular weight is 224 g/mol. The van der Waals surface area contributed by atoms with Crippen LogP contribution in [-0.2, 0) is 0 Å². The van der Waals surface area contributed by atoms with Crippen molar-refractivity contribution in [3.05, 3.63) is 5.82 Å². The van der Waals surface area contributed by atoms with E-state index in [4.69, 9.17) is 5.73 Å². The number of hydrogen-bond acceptors (Lipinski definition) is 5. The van der Waals surface area contributed by atoms with Crippen LogP contribution in [0.15, 0.2) is 0 Å². The second-order valence-corrected chi connectivity index (χ2v) is 4.12. The number of rotatable bonds is 2. The van der Waals surface area contributed by atoms with Gasteiger partial charge in [-0.25, -0.2) is 0 Å². The van der Waals surface area contributed by atoms with Crippen molar-refractivity contribution >= 4 is 11.9 Å². The van der Waals surface area contributed by atoms with Gasteiger partial charge in [0, 0.05) is 12.6 Å². The Bertz CT molecular complexity index is 376. The Morgan fingerprint density at radius 1 is 1.69 bits per heavy atom. The molecule has 0 radical (unpaired) electrons. The van der Waals surface area contributed by atoms with Crippen molar-refractivity contribution in [3.63, 3.8) is 0 Å². The fourth-order valence-electron chi connectivity index (χ4n) is 1.91. The van der Waals surface area contributed by atoms with Crippen molar-refractivity contribution in [2.45, 2.75) is 18.9 Å². The van der Waals surface area contributed by atoms with E-state index in [1.165, 1.54) is 0 Å². The maximum atomic E-state index is 11.7. The number of nitrogens with zero attached hydrogens (tertiary/aromatic N) is 3. The summed E-state index contributed by atoms with van der Waals surface area (Å²) in [7, 11) is 2.05. The molecule has 0 aliphatic carbocycles. The maximum absolute atomic E-state index is 11.7. The topological polar surface area (TPSA) is 99.9 Å². The molecule has 1 aliphatic heterocycles. The number of amides is 1. The van der Waals surface area contributed by atoms with Crippen molar-refractivity contribution in [2.24, 2.45) is 0 Å². The molecule has 4 N–H and O–H groups in total. The van der Waals surface area contributed by atoms with Crippen LogP contribution < -0.4 is 11.1 Å². The quantitative estimate of drug-likeness (QED) is 0.611. The minimum atomic E-state index is -0.246. The number of carbonyl (C=O) groups excluding carboxylic acids is 1. The number of carbonyl (C=O) groups is 1. The summed E-state index contributed by atoms with van der Waals surface area (Å²) in [5.74, 6) is 0.0149. The van der Waals surface area contributed by atoms with Crippen molar-refractivity contribution in [2.75, 3.05) is 25.9 Å². The first-order valence-corrected chi connectivity index (χ1v) is 5.32. The van der Waals surface area contributed by atoms with E-state index in [0.717, 1.165) is 25.9 Å². The number of hydrogen-bond donors (Lipinski definition) is 3. The first-order valence-electron chi connectivity index (χ1n) is 5.32. The fourth-order valence-corrected chi connectivity index (χ4v) is 1.91. The zero-order valence-electron chi connectivity index (χ0n) is 9.23.